The van der Waals surface area contributed by atoms with Gasteiger partial charge in [-0.25, -0.2) is 0 Å². The summed E-state index contributed by atoms with van der Waals surface area (Å²) in [6, 6.07) is 15.8. The van der Waals surface area contributed by atoms with Crippen LogP contribution in [-0.2, 0) is 6.54 Å². The molecule has 1 heterocycles. The Labute approximate surface area is 154 Å². The summed E-state index contributed by atoms with van der Waals surface area (Å²) in [5, 5.41) is 0.763. The topological polar surface area (TPSA) is 26.8 Å². The number of benzene rings is 2. The number of carbonyl (C=O) groups is 1. The lowest BCUT2D eigenvalue weighted by atomic mass is 10.1. The van der Waals surface area contributed by atoms with E-state index in [9.17, 15) is 4.79 Å². The fraction of sp³-hybridized carbons (Fsp3) is 0.350. The minimum Gasteiger partial charge on any atom is -0.378 e. The number of halogens is 1. The van der Waals surface area contributed by atoms with Crippen molar-refractivity contribution in [1.29, 1.82) is 0 Å². The number of hydrogen-bond donors (Lipinski definition) is 0. The smallest absolute Gasteiger partial charge is 0.253 e. The van der Waals surface area contributed by atoms with E-state index in [1.54, 1.807) is 0 Å². The molecule has 0 atom stereocenters. The van der Waals surface area contributed by atoms with Crippen molar-refractivity contribution >= 4 is 23.2 Å². The minimum absolute atomic E-state index is 0.122. The van der Waals surface area contributed by atoms with E-state index in [0.29, 0.717) is 0 Å². The Balaban J connectivity index is 1.54. The molecule has 0 spiro atoms. The first-order chi connectivity index (χ1) is 12.0. The zero-order valence-corrected chi connectivity index (χ0v) is 15.5. The number of anilines is 1. The standard InChI is InChI=1S/C20H24ClN3O/c1-22(2)19-9-5-17(6-10-19)20(25)24-13-11-23(12-14-24)15-16-3-7-18(21)8-4-16/h3-10H,11-15H2,1-2H3. The third-order valence-electron chi connectivity index (χ3n) is 4.61. The summed E-state index contributed by atoms with van der Waals surface area (Å²) in [6.07, 6.45) is 0. The van der Waals surface area contributed by atoms with E-state index in [0.717, 1.165) is 49.0 Å². The molecule has 1 aliphatic rings. The third-order valence-corrected chi connectivity index (χ3v) is 4.86. The summed E-state index contributed by atoms with van der Waals surface area (Å²) in [5.41, 5.74) is 3.12. The van der Waals surface area contributed by atoms with Gasteiger partial charge in [0.05, 0.1) is 0 Å². The fourth-order valence-electron chi connectivity index (χ4n) is 3.04. The molecule has 2 aromatic rings. The molecule has 0 bridgehead atoms. The second-order valence-electron chi connectivity index (χ2n) is 6.64. The van der Waals surface area contributed by atoms with Crippen molar-refractivity contribution in [2.24, 2.45) is 0 Å². The van der Waals surface area contributed by atoms with Gasteiger partial charge in [0.2, 0.25) is 0 Å². The van der Waals surface area contributed by atoms with Crippen LogP contribution >= 0.6 is 11.6 Å². The molecule has 1 fully saturated rings. The molecule has 1 saturated heterocycles. The van der Waals surface area contributed by atoms with E-state index in [-0.39, 0.29) is 5.91 Å². The van der Waals surface area contributed by atoms with Crippen molar-refractivity contribution in [2.75, 3.05) is 45.2 Å². The van der Waals surface area contributed by atoms with Gasteiger partial charge < -0.3 is 9.80 Å². The summed E-state index contributed by atoms with van der Waals surface area (Å²) in [4.78, 5) is 19.0. The van der Waals surface area contributed by atoms with Crippen LogP contribution in [0.4, 0.5) is 5.69 Å². The maximum Gasteiger partial charge on any atom is 0.253 e. The van der Waals surface area contributed by atoms with E-state index in [4.69, 9.17) is 11.6 Å². The molecule has 2 aromatic carbocycles. The first-order valence-electron chi connectivity index (χ1n) is 8.56. The van der Waals surface area contributed by atoms with Gasteiger partial charge in [0, 0.05) is 63.1 Å². The Bertz CT molecular complexity index is 705. The lowest BCUT2D eigenvalue weighted by Crippen LogP contribution is -2.48. The molecule has 3 rings (SSSR count). The SMILES string of the molecule is CN(C)c1ccc(C(=O)N2CCN(Cc3ccc(Cl)cc3)CC2)cc1. The van der Waals surface area contributed by atoms with Crippen LogP contribution in [0.15, 0.2) is 48.5 Å². The van der Waals surface area contributed by atoms with Gasteiger partial charge in [-0.05, 0) is 42.0 Å². The van der Waals surface area contributed by atoms with Crippen molar-refractivity contribution in [1.82, 2.24) is 9.80 Å². The van der Waals surface area contributed by atoms with Gasteiger partial charge in [-0.2, -0.15) is 0 Å². The largest absolute Gasteiger partial charge is 0.378 e. The highest BCUT2D eigenvalue weighted by Crippen LogP contribution is 2.16. The normalized spacial score (nSPS) is 15.2. The number of amides is 1. The molecule has 132 valence electrons. The molecule has 0 aromatic heterocycles. The van der Waals surface area contributed by atoms with Gasteiger partial charge in [-0.15, -0.1) is 0 Å². The number of carbonyl (C=O) groups excluding carboxylic acids is 1. The molecule has 1 amide bonds. The van der Waals surface area contributed by atoms with Crippen LogP contribution in [0.5, 0.6) is 0 Å². The van der Waals surface area contributed by atoms with E-state index < -0.39 is 0 Å². The molecule has 0 unspecified atom stereocenters. The van der Waals surface area contributed by atoms with Gasteiger partial charge in [0.15, 0.2) is 0 Å². The Morgan fingerprint density at radius 1 is 0.960 bits per heavy atom. The van der Waals surface area contributed by atoms with E-state index in [1.165, 1.54) is 5.56 Å². The summed E-state index contributed by atoms with van der Waals surface area (Å²) in [6.45, 7) is 4.22. The summed E-state index contributed by atoms with van der Waals surface area (Å²) < 4.78 is 0. The summed E-state index contributed by atoms with van der Waals surface area (Å²) in [5.74, 6) is 0.122. The monoisotopic (exact) mass is 357 g/mol. The van der Waals surface area contributed by atoms with Gasteiger partial charge in [-0.1, -0.05) is 23.7 Å². The van der Waals surface area contributed by atoms with Crippen molar-refractivity contribution in [3.8, 4) is 0 Å². The van der Waals surface area contributed by atoms with Gasteiger partial charge in [-0.3, -0.25) is 9.69 Å². The maximum atomic E-state index is 12.7. The number of piperazine rings is 1. The molecule has 4 nitrogen and oxygen atoms in total. The Morgan fingerprint density at radius 3 is 2.12 bits per heavy atom. The Hall–Kier alpha value is -2.04. The zero-order chi connectivity index (χ0) is 17.8. The lowest BCUT2D eigenvalue weighted by Gasteiger charge is -2.34. The minimum atomic E-state index is 0.122. The predicted octanol–water partition coefficient (Wildman–Crippen LogP) is 3.36. The average molecular weight is 358 g/mol. The highest BCUT2D eigenvalue weighted by molar-refractivity contribution is 6.30. The fourth-order valence-corrected chi connectivity index (χ4v) is 3.17. The van der Waals surface area contributed by atoms with Gasteiger partial charge in [0.25, 0.3) is 5.91 Å². The number of hydrogen-bond acceptors (Lipinski definition) is 3. The average Bonchev–Trinajstić information content (AvgIpc) is 2.64. The van der Waals surface area contributed by atoms with Crippen molar-refractivity contribution in [3.05, 3.63) is 64.7 Å². The molecule has 0 radical (unpaired) electrons. The molecular formula is C20H24ClN3O. The Morgan fingerprint density at radius 2 is 1.56 bits per heavy atom. The molecular weight excluding hydrogens is 334 g/mol. The molecule has 5 heteroatoms. The van der Waals surface area contributed by atoms with Gasteiger partial charge in [0.1, 0.15) is 0 Å². The van der Waals surface area contributed by atoms with Gasteiger partial charge >= 0.3 is 0 Å². The van der Waals surface area contributed by atoms with Crippen molar-refractivity contribution in [2.45, 2.75) is 6.54 Å². The molecule has 0 aliphatic carbocycles. The highest BCUT2D eigenvalue weighted by atomic mass is 35.5. The quantitative estimate of drug-likeness (QED) is 0.839. The number of nitrogens with zero attached hydrogens (tertiary/aromatic N) is 3. The Kier molecular flexibility index (Phi) is 5.61. The summed E-state index contributed by atoms with van der Waals surface area (Å²) >= 11 is 5.93. The highest BCUT2D eigenvalue weighted by Gasteiger charge is 2.22. The van der Waals surface area contributed by atoms with E-state index in [1.807, 2.05) is 60.3 Å². The third kappa shape index (κ3) is 4.53. The van der Waals surface area contributed by atoms with E-state index in [2.05, 4.69) is 17.0 Å². The van der Waals surface area contributed by atoms with Crippen LogP contribution in [0.1, 0.15) is 15.9 Å². The zero-order valence-electron chi connectivity index (χ0n) is 14.8. The first kappa shape index (κ1) is 17.8. The number of rotatable bonds is 4. The molecule has 1 aliphatic heterocycles. The molecule has 25 heavy (non-hydrogen) atoms. The van der Waals surface area contributed by atoms with Crippen LogP contribution in [0.3, 0.4) is 0 Å². The second kappa shape index (κ2) is 7.89. The van der Waals surface area contributed by atoms with Crippen molar-refractivity contribution in [3.63, 3.8) is 0 Å². The summed E-state index contributed by atoms with van der Waals surface area (Å²) in [7, 11) is 3.99. The van der Waals surface area contributed by atoms with Crippen LogP contribution in [0.25, 0.3) is 0 Å². The first-order valence-corrected chi connectivity index (χ1v) is 8.94. The predicted molar refractivity (Wildman–Crippen MR) is 103 cm³/mol. The van der Waals surface area contributed by atoms with Crippen LogP contribution in [-0.4, -0.2) is 56.0 Å². The van der Waals surface area contributed by atoms with E-state index >= 15 is 0 Å². The maximum absolute atomic E-state index is 12.7. The van der Waals surface area contributed by atoms with Crippen LogP contribution in [0.2, 0.25) is 5.02 Å². The lowest BCUT2D eigenvalue weighted by molar-refractivity contribution is 0.0628. The van der Waals surface area contributed by atoms with Crippen LogP contribution in [0, 0.1) is 0 Å². The molecule has 0 N–H and O–H groups in total. The van der Waals surface area contributed by atoms with Crippen LogP contribution < -0.4 is 4.90 Å². The second-order valence-corrected chi connectivity index (χ2v) is 7.07. The van der Waals surface area contributed by atoms with Crippen molar-refractivity contribution < 1.29 is 4.79 Å². The molecule has 0 saturated carbocycles.